The summed E-state index contributed by atoms with van der Waals surface area (Å²) in [4.78, 5) is 5.76. The molecule has 1 fully saturated rings. The molecule has 0 amide bonds. The summed E-state index contributed by atoms with van der Waals surface area (Å²) >= 11 is 13.6. The largest absolute Gasteiger partial charge is 0.391 e. The summed E-state index contributed by atoms with van der Waals surface area (Å²) in [5, 5.41) is 11.4. The highest BCUT2D eigenvalue weighted by Gasteiger charge is 2.19. The number of nitrogens with zero attached hydrogens (tertiary/aromatic N) is 2. The average Bonchev–Trinajstić information content (AvgIpc) is 2.64. The fourth-order valence-corrected chi connectivity index (χ4v) is 4.16. The standard InChI is InChI=1S/C19H22Cl2N2OS/c20-18-7-6-17(12-19(18)21)25-14-16(24)13-22-8-10-23(11-9-22)15-4-2-1-3-5-15/h1-7,12,16,24H,8-11,13-14H2/t16-/m1/s1. The minimum absolute atomic E-state index is 0.359. The van der Waals surface area contributed by atoms with Crippen molar-refractivity contribution < 1.29 is 5.11 Å². The average molecular weight is 397 g/mol. The molecule has 1 N–H and O–H groups in total. The van der Waals surface area contributed by atoms with Gasteiger partial charge in [-0.1, -0.05) is 41.4 Å². The van der Waals surface area contributed by atoms with Crippen LogP contribution in [0.5, 0.6) is 0 Å². The van der Waals surface area contributed by atoms with Gasteiger partial charge in [0.2, 0.25) is 0 Å². The van der Waals surface area contributed by atoms with Gasteiger partial charge in [-0.3, -0.25) is 4.90 Å². The molecular weight excluding hydrogens is 375 g/mol. The number of β-amino-alcohol motifs (C(OH)–C–C–N with tert-alkyl or cyclic N) is 1. The van der Waals surface area contributed by atoms with E-state index < -0.39 is 0 Å². The second-order valence-electron chi connectivity index (χ2n) is 6.16. The smallest absolute Gasteiger partial charge is 0.0760 e. The Morgan fingerprint density at radius 3 is 2.36 bits per heavy atom. The maximum atomic E-state index is 10.3. The maximum absolute atomic E-state index is 10.3. The van der Waals surface area contributed by atoms with E-state index in [-0.39, 0.29) is 6.10 Å². The van der Waals surface area contributed by atoms with Crippen LogP contribution in [-0.4, -0.2) is 54.6 Å². The number of anilines is 1. The van der Waals surface area contributed by atoms with E-state index in [1.54, 1.807) is 17.8 Å². The van der Waals surface area contributed by atoms with Gasteiger partial charge in [-0.15, -0.1) is 11.8 Å². The number of hydrogen-bond donors (Lipinski definition) is 1. The van der Waals surface area contributed by atoms with Crippen LogP contribution in [0.2, 0.25) is 10.0 Å². The molecule has 1 saturated heterocycles. The first-order valence-electron chi connectivity index (χ1n) is 8.40. The molecule has 0 aliphatic carbocycles. The zero-order valence-corrected chi connectivity index (χ0v) is 16.3. The van der Waals surface area contributed by atoms with Gasteiger partial charge in [-0.05, 0) is 30.3 Å². The molecule has 3 rings (SSSR count). The summed E-state index contributed by atoms with van der Waals surface area (Å²) in [5.41, 5.74) is 1.28. The zero-order chi connectivity index (χ0) is 17.6. The fraction of sp³-hybridized carbons (Fsp3) is 0.368. The van der Waals surface area contributed by atoms with Crippen molar-refractivity contribution in [1.29, 1.82) is 0 Å². The van der Waals surface area contributed by atoms with E-state index in [1.807, 2.05) is 18.2 Å². The molecule has 2 aromatic rings. The molecule has 1 heterocycles. The molecule has 0 saturated carbocycles. The lowest BCUT2D eigenvalue weighted by molar-refractivity contribution is 0.126. The molecule has 3 nitrogen and oxygen atoms in total. The number of para-hydroxylation sites is 1. The highest BCUT2D eigenvalue weighted by atomic mass is 35.5. The van der Waals surface area contributed by atoms with Crippen LogP contribution in [0.1, 0.15) is 0 Å². The number of thioether (sulfide) groups is 1. The Hall–Kier alpha value is -0.910. The Kier molecular flexibility index (Phi) is 6.91. The minimum Gasteiger partial charge on any atom is -0.391 e. The predicted octanol–water partition coefficient (Wildman–Crippen LogP) is 4.27. The molecule has 1 atom stereocenters. The molecular formula is C19H22Cl2N2OS. The van der Waals surface area contributed by atoms with Crippen molar-refractivity contribution in [2.45, 2.75) is 11.0 Å². The summed E-state index contributed by atoms with van der Waals surface area (Å²) in [6.45, 7) is 4.65. The van der Waals surface area contributed by atoms with Crippen LogP contribution in [0.25, 0.3) is 0 Å². The summed E-state index contributed by atoms with van der Waals surface area (Å²) in [5.74, 6) is 0.650. The van der Waals surface area contributed by atoms with Crippen LogP contribution < -0.4 is 4.90 Å². The molecule has 2 aromatic carbocycles. The molecule has 0 radical (unpaired) electrons. The number of rotatable bonds is 6. The fourth-order valence-electron chi connectivity index (χ4n) is 2.94. The predicted molar refractivity (Wildman–Crippen MR) is 108 cm³/mol. The second-order valence-corrected chi connectivity index (χ2v) is 8.07. The van der Waals surface area contributed by atoms with Crippen molar-refractivity contribution in [2.24, 2.45) is 0 Å². The molecule has 1 aliphatic heterocycles. The monoisotopic (exact) mass is 396 g/mol. The molecule has 25 heavy (non-hydrogen) atoms. The molecule has 0 unspecified atom stereocenters. The molecule has 6 heteroatoms. The van der Waals surface area contributed by atoms with E-state index in [4.69, 9.17) is 23.2 Å². The molecule has 1 aliphatic rings. The number of piperazine rings is 1. The van der Waals surface area contributed by atoms with Gasteiger partial charge >= 0.3 is 0 Å². The second kappa shape index (κ2) is 9.15. The molecule has 0 spiro atoms. The third-order valence-corrected chi connectivity index (χ3v) is 6.17. The van der Waals surface area contributed by atoms with Gasteiger partial charge in [0.1, 0.15) is 0 Å². The van der Waals surface area contributed by atoms with Gasteiger partial charge < -0.3 is 10.0 Å². The summed E-state index contributed by atoms with van der Waals surface area (Å²) in [6, 6.07) is 16.1. The van der Waals surface area contributed by atoms with Crippen molar-refractivity contribution in [3.63, 3.8) is 0 Å². The molecule has 0 bridgehead atoms. The topological polar surface area (TPSA) is 26.7 Å². The van der Waals surface area contributed by atoms with Crippen molar-refractivity contribution in [3.05, 3.63) is 58.6 Å². The Labute approximate surface area is 163 Å². The number of halogens is 2. The van der Waals surface area contributed by atoms with Crippen LogP contribution >= 0.6 is 35.0 Å². The summed E-state index contributed by atoms with van der Waals surface area (Å²) in [7, 11) is 0. The number of aliphatic hydroxyl groups excluding tert-OH is 1. The van der Waals surface area contributed by atoms with E-state index in [1.165, 1.54) is 5.69 Å². The zero-order valence-electron chi connectivity index (χ0n) is 13.9. The lowest BCUT2D eigenvalue weighted by atomic mass is 10.2. The first-order chi connectivity index (χ1) is 12.1. The van der Waals surface area contributed by atoms with E-state index in [2.05, 4.69) is 34.1 Å². The Balaban J connectivity index is 1.41. The summed E-state index contributed by atoms with van der Waals surface area (Å²) < 4.78 is 0. The van der Waals surface area contributed by atoms with Crippen LogP contribution in [0.15, 0.2) is 53.4 Å². The highest BCUT2D eigenvalue weighted by molar-refractivity contribution is 7.99. The highest BCUT2D eigenvalue weighted by Crippen LogP contribution is 2.28. The maximum Gasteiger partial charge on any atom is 0.0760 e. The quantitative estimate of drug-likeness (QED) is 0.737. The van der Waals surface area contributed by atoms with E-state index in [0.717, 1.165) is 31.1 Å². The first kappa shape index (κ1) is 18.9. The van der Waals surface area contributed by atoms with Gasteiger partial charge in [0, 0.05) is 49.1 Å². The normalized spacial score (nSPS) is 16.8. The van der Waals surface area contributed by atoms with Gasteiger partial charge in [0.05, 0.1) is 16.1 Å². The van der Waals surface area contributed by atoms with Gasteiger partial charge in [0.15, 0.2) is 0 Å². The lowest BCUT2D eigenvalue weighted by Gasteiger charge is -2.36. The Morgan fingerprint density at radius 1 is 0.960 bits per heavy atom. The van der Waals surface area contributed by atoms with Crippen molar-refractivity contribution in [2.75, 3.05) is 43.4 Å². The van der Waals surface area contributed by atoms with Crippen LogP contribution in [0.4, 0.5) is 5.69 Å². The third-order valence-electron chi connectivity index (χ3n) is 4.30. The van der Waals surface area contributed by atoms with Gasteiger partial charge in [0.25, 0.3) is 0 Å². The number of aliphatic hydroxyl groups is 1. The Morgan fingerprint density at radius 2 is 1.68 bits per heavy atom. The van der Waals surface area contributed by atoms with Crippen LogP contribution in [-0.2, 0) is 0 Å². The van der Waals surface area contributed by atoms with E-state index in [0.29, 0.717) is 22.3 Å². The van der Waals surface area contributed by atoms with Crippen molar-refractivity contribution in [3.8, 4) is 0 Å². The first-order valence-corrected chi connectivity index (χ1v) is 10.1. The van der Waals surface area contributed by atoms with Crippen molar-refractivity contribution in [1.82, 2.24) is 4.90 Å². The van der Waals surface area contributed by atoms with Crippen molar-refractivity contribution >= 4 is 40.7 Å². The SMILES string of the molecule is O[C@@H](CSc1ccc(Cl)c(Cl)c1)CN1CCN(c2ccccc2)CC1. The summed E-state index contributed by atoms with van der Waals surface area (Å²) in [6.07, 6.45) is -0.359. The lowest BCUT2D eigenvalue weighted by Crippen LogP contribution is -2.48. The van der Waals surface area contributed by atoms with Gasteiger partial charge in [-0.2, -0.15) is 0 Å². The van der Waals surface area contributed by atoms with E-state index >= 15 is 0 Å². The number of benzene rings is 2. The van der Waals surface area contributed by atoms with E-state index in [9.17, 15) is 5.11 Å². The Bertz CT molecular complexity index is 678. The minimum atomic E-state index is -0.359. The third kappa shape index (κ3) is 5.53. The van der Waals surface area contributed by atoms with Gasteiger partial charge in [-0.25, -0.2) is 0 Å². The molecule has 0 aromatic heterocycles. The van der Waals surface area contributed by atoms with Crippen LogP contribution in [0, 0.1) is 0 Å². The molecule has 134 valence electrons. The van der Waals surface area contributed by atoms with Crippen LogP contribution in [0.3, 0.4) is 0 Å². The number of hydrogen-bond acceptors (Lipinski definition) is 4.